The van der Waals surface area contributed by atoms with Gasteiger partial charge in [0.1, 0.15) is 5.00 Å². The maximum Gasteiger partial charge on any atom is 0.341 e. The Hall–Kier alpha value is -3.15. The zero-order valence-electron chi connectivity index (χ0n) is 20.1. The molecule has 4 aromatic rings. The summed E-state index contributed by atoms with van der Waals surface area (Å²) in [5.41, 5.74) is 2.36. The topological polar surface area (TPSA) is 107 Å². The number of rotatable bonds is 8. The molecule has 2 aromatic carbocycles. The molecule has 0 radical (unpaired) electrons. The summed E-state index contributed by atoms with van der Waals surface area (Å²) in [6, 6.07) is 15.1. The predicted octanol–water partition coefficient (Wildman–Crippen LogP) is 5.12. The van der Waals surface area contributed by atoms with E-state index >= 15 is 0 Å². The molecular formula is C26H25N3O5S3. The fourth-order valence-electron chi connectivity index (χ4n) is 4.37. The van der Waals surface area contributed by atoms with E-state index in [-0.39, 0.29) is 28.3 Å². The Morgan fingerprint density at radius 1 is 1.08 bits per heavy atom. The predicted molar refractivity (Wildman–Crippen MR) is 145 cm³/mol. The zero-order chi connectivity index (χ0) is 26.0. The number of hydrogen-bond acceptors (Lipinski definition) is 8. The smallest absolute Gasteiger partial charge is 0.341 e. The molecule has 0 bridgehead atoms. The minimum Gasteiger partial charge on any atom is -0.462 e. The molecule has 1 amide bonds. The van der Waals surface area contributed by atoms with E-state index in [2.05, 4.69) is 10.3 Å². The lowest BCUT2D eigenvalue weighted by Crippen LogP contribution is -2.18. The second-order valence-corrected chi connectivity index (χ2v) is 12.3. The lowest BCUT2D eigenvalue weighted by Gasteiger charge is -2.12. The van der Waals surface area contributed by atoms with Gasteiger partial charge in [-0.2, -0.15) is 0 Å². The van der Waals surface area contributed by atoms with Crippen LogP contribution in [0.25, 0.3) is 11.0 Å². The Morgan fingerprint density at radius 3 is 2.59 bits per heavy atom. The minimum atomic E-state index is -3.94. The quantitative estimate of drug-likeness (QED) is 0.237. The summed E-state index contributed by atoms with van der Waals surface area (Å²) in [4.78, 5) is 31.4. The van der Waals surface area contributed by atoms with E-state index < -0.39 is 16.0 Å². The highest BCUT2D eigenvalue weighted by Gasteiger charge is 2.28. The highest BCUT2D eigenvalue weighted by molar-refractivity contribution is 8.00. The third-order valence-electron chi connectivity index (χ3n) is 6.01. The maximum absolute atomic E-state index is 13.5. The molecule has 0 spiro atoms. The second kappa shape index (κ2) is 10.7. The fourth-order valence-corrected chi connectivity index (χ4v) is 8.20. The van der Waals surface area contributed by atoms with Crippen molar-refractivity contribution in [2.45, 2.75) is 42.7 Å². The number of fused-ring (bicyclic) bond motifs is 2. The summed E-state index contributed by atoms with van der Waals surface area (Å²) in [7, 11) is -3.94. The average molecular weight is 556 g/mol. The van der Waals surface area contributed by atoms with E-state index in [1.807, 2.05) is 0 Å². The van der Waals surface area contributed by atoms with Crippen molar-refractivity contribution in [3.8, 4) is 0 Å². The number of carbonyl (C=O) groups is 2. The second-order valence-electron chi connectivity index (χ2n) is 8.44. The van der Waals surface area contributed by atoms with Crippen LogP contribution in [0, 0.1) is 0 Å². The highest BCUT2D eigenvalue weighted by atomic mass is 32.2. The summed E-state index contributed by atoms with van der Waals surface area (Å²) < 4.78 is 33.5. The van der Waals surface area contributed by atoms with Crippen molar-refractivity contribution in [3.63, 3.8) is 0 Å². The Labute approximate surface area is 223 Å². The van der Waals surface area contributed by atoms with Gasteiger partial charge in [-0.3, -0.25) is 4.79 Å². The number of esters is 1. The van der Waals surface area contributed by atoms with Gasteiger partial charge in [-0.05, 0) is 62.4 Å². The van der Waals surface area contributed by atoms with Gasteiger partial charge in [0.05, 0.1) is 33.9 Å². The van der Waals surface area contributed by atoms with Crippen LogP contribution in [0.15, 0.2) is 64.6 Å². The molecule has 0 unspecified atom stereocenters. The number of anilines is 1. The van der Waals surface area contributed by atoms with Crippen molar-refractivity contribution >= 4 is 61.0 Å². The SMILES string of the molecule is CCOC(=O)c1c(NC(=O)CSc2nc3ccccc3n2S(=O)(=O)c2ccccc2)sc2c1CCCC2. The third-order valence-corrected chi connectivity index (χ3v) is 9.99. The maximum atomic E-state index is 13.5. The number of nitrogens with one attached hydrogen (secondary N) is 1. The molecule has 1 N–H and O–H groups in total. The fraction of sp³-hybridized carbons (Fsp3) is 0.269. The zero-order valence-corrected chi connectivity index (χ0v) is 22.5. The number of ether oxygens (including phenoxy) is 1. The molecular weight excluding hydrogens is 531 g/mol. The van der Waals surface area contributed by atoms with Gasteiger partial charge < -0.3 is 10.1 Å². The molecule has 0 saturated heterocycles. The first-order valence-corrected chi connectivity index (χ1v) is 15.2. The number of benzene rings is 2. The van der Waals surface area contributed by atoms with Crippen molar-refractivity contribution in [3.05, 3.63) is 70.6 Å². The van der Waals surface area contributed by atoms with Gasteiger partial charge in [-0.1, -0.05) is 42.1 Å². The first-order valence-electron chi connectivity index (χ1n) is 11.9. The molecule has 0 aliphatic heterocycles. The number of imidazole rings is 1. The standard InChI is InChI=1S/C26H25N3O5S3/c1-2-34-25(31)23-18-12-6-9-15-21(18)36-24(23)28-22(30)16-35-26-27-19-13-7-8-14-20(19)29(26)37(32,33)17-10-4-3-5-11-17/h3-5,7-8,10-11,13-14H,2,6,9,12,15-16H2,1H3,(H,28,30). The van der Waals surface area contributed by atoms with Crippen LogP contribution in [0.1, 0.15) is 40.6 Å². The molecule has 37 heavy (non-hydrogen) atoms. The number of amides is 1. The van der Waals surface area contributed by atoms with Crippen LogP contribution in [-0.2, 0) is 32.4 Å². The Bertz CT molecular complexity index is 1580. The number of hydrogen-bond donors (Lipinski definition) is 1. The van der Waals surface area contributed by atoms with Gasteiger partial charge in [0.15, 0.2) is 5.16 Å². The number of nitrogens with zero attached hydrogens (tertiary/aromatic N) is 2. The Kier molecular flexibility index (Phi) is 7.36. The highest BCUT2D eigenvalue weighted by Crippen LogP contribution is 2.39. The van der Waals surface area contributed by atoms with Crippen LogP contribution < -0.4 is 5.32 Å². The van der Waals surface area contributed by atoms with Crippen LogP contribution in [0.3, 0.4) is 0 Å². The molecule has 2 heterocycles. The van der Waals surface area contributed by atoms with Gasteiger partial charge in [0.2, 0.25) is 5.91 Å². The lowest BCUT2D eigenvalue weighted by molar-refractivity contribution is -0.113. The average Bonchev–Trinajstić information content (AvgIpc) is 3.46. The molecule has 2 aromatic heterocycles. The van der Waals surface area contributed by atoms with E-state index in [0.717, 1.165) is 47.9 Å². The Balaban J connectivity index is 1.42. The summed E-state index contributed by atoms with van der Waals surface area (Å²) >= 11 is 2.45. The van der Waals surface area contributed by atoms with Crippen LogP contribution in [0.4, 0.5) is 5.00 Å². The summed E-state index contributed by atoms with van der Waals surface area (Å²) in [5.74, 6) is -0.871. The van der Waals surface area contributed by atoms with Crippen molar-refractivity contribution < 1.29 is 22.7 Å². The molecule has 0 saturated carbocycles. The van der Waals surface area contributed by atoms with E-state index in [4.69, 9.17) is 4.74 Å². The molecule has 11 heteroatoms. The van der Waals surface area contributed by atoms with Crippen molar-refractivity contribution in [1.29, 1.82) is 0 Å². The van der Waals surface area contributed by atoms with Gasteiger partial charge >= 0.3 is 5.97 Å². The summed E-state index contributed by atoms with van der Waals surface area (Å²) in [6.45, 7) is 2.00. The normalized spacial score (nSPS) is 13.3. The minimum absolute atomic E-state index is 0.0849. The molecule has 8 nitrogen and oxygen atoms in total. The molecule has 0 fully saturated rings. The molecule has 1 aliphatic carbocycles. The summed E-state index contributed by atoms with van der Waals surface area (Å²) in [6.07, 6.45) is 3.70. The number of thiophene rings is 1. The summed E-state index contributed by atoms with van der Waals surface area (Å²) in [5, 5.41) is 3.55. The Morgan fingerprint density at radius 2 is 1.81 bits per heavy atom. The first kappa shape index (κ1) is 25.5. The van der Waals surface area contributed by atoms with E-state index in [0.29, 0.717) is 21.6 Å². The van der Waals surface area contributed by atoms with Crippen LogP contribution in [0.5, 0.6) is 0 Å². The van der Waals surface area contributed by atoms with E-state index in [9.17, 15) is 18.0 Å². The molecule has 192 valence electrons. The number of aromatic nitrogens is 2. The van der Waals surface area contributed by atoms with Crippen molar-refractivity contribution in [1.82, 2.24) is 8.96 Å². The van der Waals surface area contributed by atoms with Gasteiger partial charge in [0, 0.05) is 4.88 Å². The monoisotopic (exact) mass is 555 g/mol. The van der Waals surface area contributed by atoms with E-state index in [1.54, 1.807) is 49.4 Å². The molecule has 0 atom stereocenters. The van der Waals surface area contributed by atoms with Crippen LogP contribution in [-0.4, -0.2) is 41.6 Å². The van der Waals surface area contributed by atoms with Crippen molar-refractivity contribution in [2.75, 3.05) is 17.7 Å². The number of aryl methyl sites for hydroxylation is 1. The first-order chi connectivity index (χ1) is 17.9. The lowest BCUT2D eigenvalue weighted by atomic mass is 9.95. The van der Waals surface area contributed by atoms with Gasteiger partial charge in [-0.15, -0.1) is 11.3 Å². The number of thioether (sulfide) groups is 1. The number of para-hydroxylation sites is 2. The third kappa shape index (κ3) is 5.03. The van der Waals surface area contributed by atoms with Crippen LogP contribution >= 0.6 is 23.1 Å². The van der Waals surface area contributed by atoms with Crippen LogP contribution in [0.2, 0.25) is 0 Å². The van der Waals surface area contributed by atoms with Crippen molar-refractivity contribution in [2.24, 2.45) is 0 Å². The van der Waals surface area contributed by atoms with Gasteiger partial charge in [0.25, 0.3) is 10.0 Å². The molecule has 5 rings (SSSR count). The van der Waals surface area contributed by atoms with E-state index in [1.165, 1.54) is 27.4 Å². The van der Waals surface area contributed by atoms with Gasteiger partial charge in [-0.25, -0.2) is 22.2 Å². The molecule has 1 aliphatic rings. The largest absolute Gasteiger partial charge is 0.462 e. The number of carbonyl (C=O) groups excluding carboxylic acids is 2.